The van der Waals surface area contributed by atoms with Crippen LogP contribution in [-0.4, -0.2) is 26.4 Å². The largest absolute Gasteiger partial charge is 0.467 e. The van der Waals surface area contributed by atoms with E-state index < -0.39 is 0 Å². The third kappa shape index (κ3) is 4.56. The van der Waals surface area contributed by atoms with Gasteiger partial charge in [0.2, 0.25) is 5.91 Å². The molecule has 0 aliphatic rings. The van der Waals surface area contributed by atoms with Crippen molar-refractivity contribution in [2.75, 3.05) is 5.75 Å². The van der Waals surface area contributed by atoms with Crippen molar-refractivity contribution in [2.45, 2.75) is 44.9 Å². The Morgan fingerprint density at radius 1 is 1.38 bits per heavy atom. The van der Waals surface area contributed by atoms with Gasteiger partial charge in [-0.05, 0) is 31.0 Å². The first-order valence-corrected chi connectivity index (χ1v) is 10.5. The molecule has 0 aromatic carbocycles. The highest BCUT2D eigenvalue weighted by Gasteiger charge is 2.16. The van der Waals surface area contributed by atoms with E-state index in [-0.39, 0.29) is 5.91 Å². The van der Waals surface area contributed by atoms with Gasteiger partial charge in [-0.25, -0.2) is 0 Å². The van der Waals surface area contributed by atoms with Crippen molar-refractivity contribution in [3.05, 3.63) is 40.5 Å². The van der Waals surface area contributed by atoms with E-state index in [0.717, 1.165) is 41.7 Å². The number of nitrogens with one attached hydrogen (secondary N) is 1. The van der Waals surface area contributed by atoms with Gasteiger partial charge in [0.15, 0.2) is 11.0 Å². The Bertz CT molecular complexity index is 839. The lowest BCUT2D eigenvalue weighted by Gasteiger charge is -2.08. The first-order chi connectivity index (χ1) is 12.7. The van der Waals surface area contributed by atoms with Crippen LogP contribution in [0.1, 0.15) is 30.9 Å². The third-order valence-electron chi connectivity index (χ3n) is 3.80. The van der Waals surface area contributed by atoms with E-state index in [1.54, 1.807) is 23.7 Å². The van der Waals surface area contributed by atoms with E-state index in [0.29, 0.717) is 12.3 Å². The molecule has 3 rings (SSSR count). The van der Waals surface area contributed by atoms with Gasteiger partial charge in [0, 0.05) is 22.4 Å². The minimum Gasteiger partial charge on any atom is -0.467 e. The van der Waals surface area contributed by atoms with Gasteiger partial charge < -0.3 is 14.3 Å². The van der Waals surface area contributed by atoms with E-state index in [1.807, 2.05) is 6.07 Å². The molecule has 3 aromatic heterocycles. The van der Waals surface area contributed by atoms with Crippen LogP contribution in [0.3, 0.4) is 0 Å². The monoisotopic (exact) mass is 390 g/mol. The number of aromatic nitrogens is 3. The summed E-state index contributed by atoms with van der Waals surface area (Å²) in [5.74, 6) is 1.86. The normalized spacial score (nSPS) is 11.0. The number of aryl methyl sites for hydroxylation is 1. The van der Waals surface area contributed by atoms with E-state index in [1.165, 1.54) is 16.6 Å². The van der Waals surface area contributed by atoms with Crippen LogP contribution in [-0.2, 0) is 24.3 Å². The van der Waals surface area contributed by atoms with E-state index in [4.69, 9.17) is 4.42 Å². The highest BCUT2D eigenvalue weighted by molar-refractivity contribution is 7.99. The van der Waals surface area contributed by atoms with Crippen LogP contribution in [0.25, 0.3) is 11.4 Å². The molecule has 0 bridgehead atoms. The summed E-state index contributed by atoms with van der Waals surface area (Å²) in [6, 6.07) is 5.81. The van der Waals surface area contributed by atoms with Gasteiger partial charge in [-0.15, -0.1) is 21.5 Å². The predicted octanol–water partition coefficient (Wildman–Crippen LogP) is 3.98. The van der Waals surface area contributed by atoms with Crippen molar-refractivity contribution in [3.8, 4) is 11.4 Å². The van der Waals surface area contributed by atoms with E-state index >= 15 is 0 Å². The first-order valence-electron chi connectivity index (χ1n) is 8.64. The van der Waals surface area contributed by atoms with Crippen LogP contribution < -0.4 is 5.32 Å². The van der Waals surface area contributed by atoms with Gasteiger partial charge >= 0.3 is 0 Å². The number of thioether (sulfide) groups is 1. The van der Waals surface area contributed by atoms with Crippen LogP contribution in [0.5, 0.6) is 0 Å². The molecule has 6 nitrogen and oxygen atoms in total. The molecule has 0 saturated carbocycles. The topological polar surface area (TPSA) is 73.0 Å². The van der Waals surface area contributed by atoms with Gasteiger partial charge in [0.05, 0.1) is 18.6 Å². The van der Waals surface area contributed by atoms with Gasteiger partial charge in [-0.1, -0.05) is 25.6 Å². The highest BCUT2D eigenvalue weighted by atomic mass is 32.2. The summed E-state index contributed by atoms with van der Waals surface area (Å²) in [5, 5.41) is 14.4. The zero-order chi connectivity index (χ0) is 18.4. The number of hydrogen-bond donors (Lipinski definition) is 1. The molecule has 8 heteroatoms. The number of carbonyl (C=O) groups is 1. The fourth-order valence-corrected chi connectivity index (χ4v) is 4.11. The molecular weight excluding hydrogens is 368 g/mol. The minimum absolute atomic E-state index is 0.0530. The Hall–Kier alpha value is -2.06. The summed E-state index contributed by atoms with van der Waals surface area (Å²) >= 11 is 3.15. The van der Waals surface area contributed by atoms with Crippen molar-refractivity contribution in [2.24, 2.45) is 0 Å². The second-order valence-electron chi connectivity index (χ2n) is 5.76. The molecule has 138 valence electrons. The van der Waals surface area contributed by atoms with Crippen LogP contribution in [0.4, 0.5) is 0 Å². The maximum absolute atomic E-state index is 12.1. The van der Waals surface area contributed by atoms with Crippen molar-refractivity contribution in [3.63, 3.8) is 0 Å². The molecule has 0 fully saturated rings. The molecule has 0 aliphatic carbocycles. The van der Waals surface area contributed by atoms with Crippen LogP contribution in [0.2, 0.25) is 0 Å². The second kappa shape index (κ2) is 9.05. The van der Waals surface area contributed by atoms with E-state index in [9.17, 15) is 4.79 Å². The van der Waals surface area contributed by atoms with Crippen molar-refractivity contribution < 1.29 is 9.21 Å². The molecule has 0 aliphatic heterocycles. The number of furan rings is 1. The number of hydrogen-bond acceptors (Lipinski definition) is 6. The van der Waals surface area contributed by atoms with Crippen LogP contribution in [0.15, 0.2) is 39.4 Å². The van der Waals surface area contributed by atoms with Gasteiger partial charge in [-0.2, -0.15) is 0 Å². The number of thiophene rings is 1. The molecule has 3 aromatic rings. The summed E-state index contributed by atoms with van der Waals surface area (Å²) in [4.78, 5) is 13.4. The molecule has 1 amide bonds. The molecule has 3 heterocycles. The highest BCUT2D eigenvalue weighted by Crippen LogP contribution is 2.28. The molecule has 0 spiro atoms. The molecule has 1 N–H and O–H groups in total. The minimum atomic E-state index is -0.0530. The third-order valence-corrected chi connectivity index (χ3v) is 5.84. The van der Waals surface area contributed by atoms with Crippen LogP contribution >= 0.6 is 23.1 Å². The maximum Gasteiger partial charge on any atom is 0.230 e. The Morgan fingerprint density at radius 3 is 2.96 bits per heavy atom. The SMILES string of the molecule is CCCn1c(SCC(=O)NCc2ccco2)nnc1-c1csc(CC)c1. The summed E-state index contributed by atoms with van der Waals surface area (Å²) in [5.41, 5.74) is 1.10. The Kier molecular flexibility index (Phi) is 6.51. The van der Waals surface area contributed by atoms with Crippen molar-refractivity contribution >= 4 is 29.0 Å². The summed E-state index contributed by atoms with van der Waals surface area (Å²) in [7, 11) is 0. The Morgan fingerprint density at radius 2 is 2.27 bits per heavy atom. The quantitative estimate of drug-likeness (QED) is 0.560. The average Bonchev–Trinajstić information content (AvgIpc) is 3.39. The Labute approximate surface area is 161 Å². The van der Waals surface area contributed by atoms with Gasteiger partial charge in [0.25, 0.3) is 0 Å². The number of carbonyl (C=O) groups excluding carboxylic acids is 1. The standard InChI is InChI=1S/C18H22N4O2S2/c1-3-7-22-17(13-9-15(4-2)25-11-13)20-21-18(22)26-12-16(23)19-10-14-6-5-8-24-14/h5-6,8-9,11H,3-4,7,10,12H2,1-2H3,(H,19,23). The lowest BCUT2D eigenvalue weighted by molar-refractivity contribution is -0.118. The zero-order valence-corrected chi connectivity index (χ0v) is 16.5. The molecular formula is C18H22N4O2S2. The first kappa shape index (κ1) is 18.7. The fraction of sp³-hybridized carbons (Fsp3) is 0.389. The smallest absolute Gasteiger partial charge is 0.230 e. The summed E-state index contributed by atoms with van der Waals surface area (Å²) in [6.45, 7) is 5.50. The number of rotatable bonds is 9. The second-order valence-corrected chi connectivity index (χ2v) is 7.70. The predicted molar refractivity (Wildman–Crippen MR) is 104 cm³/mol. The zero-order valence-electron chi connectivity index (χ0n) is 14.9. The average molecular weight is 391 g/mol. The van der Waals surface area contributed by atoms with Crippen molar-refractivity contribution in [1.82, 2.24) is 20.1 Å². The molecule has 0 radical (unpaired) electrons. The van der Waals surface area contributed by atoms with E-state index in [2.05, 4.69) is 45.4 Å². The lowest BCUT2D eigenvalue weighted by atomic mass is 10.2. The number of amides is 1. The lowest BCUT2D eigenvalue weighted by Crippen LogP contribution is -2.24. The molecule has 0 unspecified atom stereocenters. The van der Waals surface area contributed by atoms with Gasteiger partial charge in [0.1, 0.15) is 5.76 Å². The molecule has 0 saturated heterocycles. The maximum atomic E-state index is 12.1. The van der Waals surface area contributed by atoms with Gasteiger partial charge in [-0.3, -0.25) is 4.79 Å². The summed E-state index contributed by atoms with van der Waals surface area (Å²) in [6.07, 6.45) is 3.59. The fourth-order valence-electron chi connectivity index (χ4n) is 2.50. The number of nitrogens with zero attached hydrogens (tertiary/aromatic N) is 3. The van der Waals surface area contributed by atoms with Crippen LogP contribution in [0, 0.1) is 0 Å². The molecule has 0 atom stereocenters. The molecule has 26 heavy (non-hydrogen) atoms. The Balaban J connectivity index is 1.64. The van der Waals surface area contributed by atoms with Crippen molar-refractivity contribution in [1.29, 1.82) is 0 Å². The summed E-state index contributed by atoms with van der Waals surface area (Å²) < 4.78 is 7.32.